The minimum absolute atomic E-state index is 0.0322. The molecule has 0 fully saturated rings. The molecule has 16 heavy (non-hydrogen) atoms. The van der Waals surface area contributed by atoms with Crippen LogP contribution in [0.15, 0.2) is 22.9 Å². The molecular formula is C9H8BrN2O3S-. The first-order chi connectivity index (χ1) is 7.54. The summed E-state index contributed by atoms with van der Waals surface area (Å²) in [6.45, 7) is 0. The van der Waals surface area contributed by atoms with Crippen molar-refractivity contribution < 1.29 is 14.7 Å². The fourth-order valence-corrected chi connectivity index (χ4v) is 1.56. The number of carboxylic acids is 1. The molecule has 86 valence electrons. The van der Waals surface area contributed by atoms with E-state index in [2.05, 4.69) is 38.9 Å². The minimum atomic E-state index is -1.37. The molecule has 1 amide bonds. The molecule has 5 nitrogen and oxygen atoms in total. The van der Waals surface area contributed by atoms with Crippen molar-refractivity contribution in [2.75, 3.05) is 5.75 Å². The first-order valence-corrected chi connectivity index (χ1v) is 5.70. The van der Waals surface area contributed by atoms with E-state index in [1.807, 2.05) is 0 Å². The van der Waals surface area contributed by atoms with Gasteiger partial charge in [-0.1, -0.05) is 0 Å². The Hall–Kier alpha value is -1.08. The van der Waals surface area contributed by atoms with Crippen LogP contribution in [-0.4, -0.2) is 28.7 Å². The average molecular weight is 304 g/mol. The second-order valence-electron chi connectivity index (χ2n) is 2.92. The highest BCUT2D eigenvalue weighted by Gasteiger charge is 2.13. The lowest BCUT2D eigenvalue weighted by atomic mass is 10.2. The van der Waals surface area contributed by atoms with Crippen LogP contribution in [0.1, 0.15) is 10.4 Å². The summed E-state index contributed by atoms with van der Waals surface area (Å²) in [5, 5.41) is 12.8. The molecule has 7 heteroatoms. The Balaban J connectivity index is 2.75. The quantitative estimate of drug-likeness (QED) is 0.743. The Morgan fingerprint density at radius 3 is 2.75 bits per heavy atom. The van der Waals surface area contributed by atoms with E-state index in [1.54, 1.807) is 0 Å². The number of carbonyl (C=O) groups is 2. The molecule has 0 bridgehead atoms. The predicted molar refractivity (Wildman–Crippen MR) is 62.1 cm³/mol. The van der Waals surface area contributed by atoms with Gasteiger partial charge in [0.2, 0.25) is 0 Å². The van der Waals surface area contributed by atoms with Crippen molar-refractivity contribution in [2.45, 2.75) is 6.04 Å². The third-order valence-corrected chi connectivity index (χ3v) is 2.54. The summed E-state index contributed by atoms with van der Waals surface area (Å²) in [5.74, 6) is -1.93. The van der Waals surface area contributed by atoms with Gasteiger partial charge in [-0.3, -0.25) is 9.78 Å². The van der Waals surface area contributed by atoms with Gasteiger partial charge in [0.1, 0.15) is 0 Å². The number of aliphatic carboxylic acids is 1. The number of carboxylic acid groups (broad SMARTS) is 1. The topological polar surface area (TPSA) is 82.1 Å². The van der Waals surface area contributed by atoms with Gasteiger partial charge in [-0.2, -0.15) is 12.6 Å². The lowest BCUT2D eigenvalue weighted by Gasteiger charge is -2.17. The predicted octanol–water partition coefficient (Wildman–Crippen LogP) is -0.378. The van der Waals surface area contributed by atoms with Gasteiger partial charge in [0.15, 0.2) is 0 Å². The number of rotatable bonds is 4. The first-order valence-electron chi connectivity index (χ1n) is 4.27. The van der Waals surface area contributed by atoms with Crippen LogP contribution in [0, 0.1) is 0 Å². The van der Waals surface area contributed by atoms with Crippen molar-refractivity contribution in [1.29, 1.82) is 0 Å². The smallest absolute Gasteiger partial charge is 0.253 e. The zero-order valence-corrected chi connectivity index (χ0v) is 10.5. The monoisotopic (exact) mass is 303 g/mol. The van der Waals surface area contributed by atoms with E-state index in [9.17, 15) is 14.7 Å². The molecule has 0 saturated heterocycles. The first kappa shape index (κ1) is 13.0. The molecular weight excluding hydrogens is 296 g/mol. The molecule has 0 unspecified atom stereocenters. The Labute approximate surface area is 106 Å². The number of pyridine rings is 1. The number of nitrogens with zero attached hydrogens (tertiary/aromatic N) is 1. The zero-order valence-electron chi connectivity index (χ0n) is 8.01. The van der Waals surface area contributed by atoms with Crippen LogP contribution < -0.4 is 10.4 Å². The van der Waals surface area contributed by atoms with Crippen molar-refractivity contribution in [2.24, 2.45) is 0 Å². The second-order valence-corrected chi connectivity index (χ2v) is 4.20. The number of thiol groups is 1. The summed E-state index contributed by atoms with van der Waals surface area (Å²) in [6.07, 6.45) is 2.86. The van der Waals surface area contributed by atoms with Crippen LogP contribution >= 0.6 is 28.6 Å². The SMILES string of the molecule is O=C(N[C@H](CS)C(=O)[O-])c1cncc(Br)c1. The average Bonchev–Trinajstić information content (AvgIpc) is 2.25. The van der Waals surface area contributed by atoms with Gasteiger partial charge in [0.05, 0.1) is 17.6 Å². The number of halogens is 1. The molecule has 1 atom stereocenters. The van der Waals surface area contributed by atoms with E-state index in [1.165, 1.54) is 18.5 Å². The van der Waals surface area contributed by atoms with Crippen LogP contribution in [0.4, 0.5) is 0 Å². The molecule has 0 radical (unpaired) electrons. The van der Waals surface area contributed by atoms with E-state index < -0.39 is 17.9 Å². The van der Waals surface area contributed by atoms with Gasteiger partial charge >= 0.3 is 0 Å². The molecule has 0 aliphatic heterocycles. The fraction of sp³-hybridized carbons (Fsp3) is 0.222. The molecule has 1 aromatic heterocycles. The third-order valence-electron chi connectivity index (χ3n) is 1.74. The summed E-state index contributed by atoms with van der Waals surface area (Å²) in [5.41, 5.74) is 0.266. The molecule has 0 aliphatic rings. The summed E-state index contributed by atoms with van der Waals surface area (Å²) in [6, 6.07) is 0.419. The van der Waals surface area contributed by atoms with E-state index in [0.29, 0.717) is 4.47 Å². The van der Waals surface area contributed by atoms with Crippen molar-refractivity contribution in [1.82, 2.24) is 10.3 Å². The number of amides is 1. The van der Waals surface area contributed by atoms with Gasteiger partial charge in [-0.15, -0.1) is 0 Å². The van der Waals surface area contributed by atoms with Crippen LogP contribution in [0.3, 0.4) is 0 Å². The minimum Gasteiger partial charge on any atom is -0.548 e. The van der Waals surface area contributed by atoms with E-state index >= 15 is 0 Å². The zero-order chi connectivity index (χ0) is 12.1. The van der Waals surface area contributed by atoms with Crippen LogP contribution in [-0.2, 0) is 4.79 Å². The molecule has 1 rings (SSSR count). The van der Waals surface area contributed by atoms with E-state index in [-0.39, 0.29) is 11.3 Å². The molecule has 0 saturated carbocycles. The second kappa shape index (κ2) is 5.86. The highest BCUT2D eigenvalue weighted by Crippen LogP contribution is 2.09. The Kier molecular flexibility index (Phi) is 4.75. The van der Waals surface area contributed by atoms with Crippen molar-refractivity contribution >= 4 is 40.4 Å². The Bertz CT molecular complexity index is 413. The summed E-state index contributed by atoms with van der Waals surface area (Å²) < 4.78 is 0.635. The standard InChI is InChI=1S/C9H9BrN2O3S/c10-6-1-5(2-11-3-6)8(13)12-7(4-16)9(14)15/h1-3,7,16H,4H2,(H,12,13)(H,14,15)/p-1/t7-/m1/s1. The van der Waals surface area contributed by atoms with Crippen LogP contribution in [0.5, 0.6) is 0 Å². The maximum atomic E-state index is 11.6. The van der Waals surface area contributed by atoms with Gasteiger partial charge in [-0.25, -0.2) is 0 Å². The molecule has 0 aliphatic carbocycles. The lowest BCUT2D eigenvalue weighted by molar-refractivity contribution is -0.307. The van der Waals surface area contributed by atoms with Gasteiger partial charge in [-0.05, 0) is 22.0 Å². The van der Waals surface area contributed by atoms with Gasteiger partial charge in [0.25, 0.3) is 5.91 Å². The fourth-order valence-electron chi connectivity index (χ4n) is 0.957. The molecule has 1 aromatic rings. The van der Waals surface area contributed by atoms with Crippen LogP contribution in [0.2, 0.25) is 0 Å². The number of aromatic nitrogens is 1. The molecule has 1 heterocycles. The van der Waals surface area contributed by atoms with Crippen LogP contribution in [0.25, 0.3) is 0 Å². The molecule has 0 spiro atoms. The Morgan fingerprint density at radius 2 is 2.25 bits per heavy atom. The number of hydrogen-bond donors (Lipinski definition) is 2. The molecule has 1 N–H and O–H groups in total. The van der Waals surface area contributed by atoms with Crippen molar-refractivity contribution in [3.05, 3.63) is 28.5 Å². The third kappa shape index (κ3) is 3.49. The number of hydrogen-bond acceptors (Lipinski definition) is 5. The number of nitrogens with one attached hydrogen (secondary N) is 1. The molecule has 0 aromatic carbocycles. The van der Waals surface area contributed by atoms with Gasteiger partial charge in [0, 0.05) is 22.6 Å². The highest BCUT2D eigenvalue weighted by molar-refractivity contribution is 9.10. The van der Waals surface area contributed by atoms with Gasteiger partial charge < -0.3 is 15.2 Å². The van der Waals surface area contributed by atoms with Crippen molar-refractivity contribution in [3.63, 3.8) is 0 Å². The summed E-state index contributed by atoms with van der Waals surface area (Å²) >= 11 is 6.96. The highest BCUT2D eigenvalue weighted by atomic mass is 79.9. The largest absolute Gasteiger partial charge is 0.548 e. The normalized spacial score (nSPS) is 11.9. The maximum absolute atomic E-state index is 11.6. The van der Waals surface area contributed by atoms with E-state index in [4.69, 9.17) is 0 Å². The lowest BCUT2D eigenvalue weighted by Crippen LogP contribution is -2.49. The van der Waals surface area contributed by atoms with E-state index in [0.717, 1.165) is 0 Å². The summed E-state index contributed by atoms with van der Waals surface area (Å²) in [4.78, 5) is 25.9. The number of carbonyl (C=O) groups excluding carboxylic acids is 2. The Morgan fingerprint density at radius 1 is 1.56 bits per heavy atom. The van der Waals surface area contributed by atoms with Crippen molar-refractivity contribution in [3.8, 4) is 0 Å². The summed E-state index contributed by atoms with van der Waals surface area (Å²) in [7, 11) is 0. The maximum Gasteiger partial charge on any atom is 0.253 e.